The molecule has 0 radical (unpaired) electrons. The second-order valence-electron chi connectivity index (χ2n) is 6.20. The first kappa shape index (κ1) is 23.8. The van der Waals surface area contributed by atoms with E-state index in [0.717, 1.165) is 41.9 Å². The van der Waals surface area contributed by atoms with Gasteiger partial charge in [0.15, 0.2) is 0 Å². The number of carbonyl (C=O) groups is 2. The highest BCUT2D eigenvalue weighted by Crippen LogP contribution is 2.21. The van der Waals surface area contributed by atoms with Crippen molar-refractivity contribution in [3.8, 4) is 0 Å². The largest absolute Gasteiger partial charge is 0.473 e. The molecule has 0 amide bonds. The first-order valence-electron chi connectivity index (χ1n) is 9.08. The third-order valence-electron chi connectivity index (χ3n) is 4.16. The van der Waals surface area contributed by atoms with Gasteiger partial charge in [-0.1, -0.05) is 31.4 Å². The summed E-state index contributed by atoms with van der Waals surface area (Å²) in [4.78, 5) is 33.0. The van der Waals surface area contributed by atoms with Gasteiger partial charge in [-0.15, -0.1) is 0 Å². The molecule has 0 fully saturated rings. The number of rotatable bonds is 8. The zero-order valence-corrected chi connectivity index (χ0v) is 17.5. The summed E-state index contributed by atoms with van der Waals surface area (Å²) < 4.78 is 8.57. The molecule has 0 aliphatic heterocycles. The number of carboxylic acids is 2. The van der Waals surface area contributed by atoms with Crippen LogP contribution in [0.4, 0.5) is 0 Å². The Balaban J connectivity index is 0.000000568. The third-order valence-corrected chi connectivity index (χ3v) is 5.25. The standard InChI is InChI=1S/C17H26N2O2S.C2H2O4/c1-5-18(6-2)7-9-21-10-8-19-17(20)16-14(4)11-13(3)12-15(16)22-19;3-1(4)2(5)6/h11-12H,5-10H2,1-4H3;(H,3,4)(H,5,6). The lowest BCUT2D eigenvalue weighted by atomic mass is 10.1. The van der Waals surface area contributed by atoms with Crippen LogP contribution in [0.1, 0.15) is 25.0 Å². The number of hydrogen-bond donors (Lipinski definition) is 2. The average Bonchev–Trinajstić information content (AvgIpc) is 2.94. The lowest BCUT2D eigenvalue weighted by molar-refractivity contribution is -0.159. The van der Waals surface area contributed by atoms with Gasteiger partial charge in [0, 0.05) is 6.54 Å². The van der Waals surface area contributed by atoms with Gasteiger partial charge < -0.3 is 19.8 Å². The second-order valence-corrected chi connectivity index (χ2v) is 7.27. The number of benzene rings is 1. The molecule has 2 rings (SSSR count). The van der Waals surface area contributed by atoms with Gasteiger partial charge in [-0.05, 0) is 44.1 Å². The molecule has 0 saturated heterocycles. The van der Waals surface area contributed by atoms with E-state index in [1.54, 1.807) is 0 Å². The van der Waals surface area contributed by atoms with E-state index in [0.29, 0.717) is 13.2 Å². The molecule has 1 aromatic carbocycles. The molecule has 2 N–H and O–H groups in total. The fourth-order valence-electron chi connectivity index (χ4n) is 2.69. The normalized spacial score (nSPS) is 10.8. The smallest absolute Gasteiger partial charge is 0.414 e. The van der Waals surface area contributed by atoms with E-state index in [2.05, 4.69) is 37.8 Å². The minimum Gasteiger partial charge on any atom is -0.473 e. The number of ether oxygens (including phenoxy) is 1. The Bertz CT molecular complexity index is 842. The molecule has 8 nitrogen and oxygen atoms in total. The predicted octanol–water partition coefficient (Wildman–Crippen LogP) is 2.19. The van der Waals surface area contributed by atoms with Crippen LogP contribution >= 0.6 is 11.5 Å². The van der Waals surface area contributed by atoms with Crippen LogP contribution in [-0.4, -0.2) is 63.9 Å². The van der Waals surface area contributed by atoms with Crippen molar-refractivity contribution in [3.05, 3.63) is 33.6 Å². The Morgan fingerprint density at radius 3 is 2.25 bits per heavy atom. The second kappa shape index (κ2) is 11.6. The van der Waals surface area contributed by atoms with Crippen molar-refractivity contribution in [3.63, 3.8) is 0 Å². The van der Waals surface area contributed by atoms with E-state index in [4.69, 9.17) is 24.5 Å². The Hall–Kier alpha value is -2.23. The molecule has 28 heavy (non-hydrogen) atoms. The average molecular weight is 413 g/mol. The van der Waals surface area contributed by atoms with Crippen molar-refractivity contribution in [2.24, 2.45) is 0 Å². The van der Waals surface area contributed by atoms with Gasteiger partial charge in [0.25, 0.3) is 5.56 Å². The number of aliphatic carboxylic acids is 2. The topological polar surface area (TPSA) is 109 Å². The predicted molar refractivity (Wildman–Crippen MR) is 109 cm³/mol. The van der Waals surface area contributed by atoms with Gasteiger partial charge in [0.05, 0.1) is 29.8 Å². The molecular formula is C19H28N2O6S. The van der Waals surface area contributed by atoms with Crippen LogP contribution in [0.2, 0.25) is 0 Å². The van der Waals surface area contributed by atoms with Crippen molar-refractivity contribution >= 4 is 33.6 Å². The quantitative estimate of drug-likeness (QED) is 0.505. The van der Waals surface area contributed by atoms with Crippen LogP contribution in [0.3, 0.4) is 0 Å². The van der Waals surface area contributed by atoms with Gasteiger partial charge in [-0.25, -0.2) is 9.59 Å². The molecule has 0 aliphatic carbocycles. The van der Waals surface area contributed by atoms with Crippen LogP contribution in [-0.2, 0) is 20.9 Å². The molecule has 0 spiro atoms. The highest BCUT2D eigenvalue weighted by atomic mass is 32.1. The van der Waals surface area contributed by atoms with Crippen LogP contribution in [0.25, 0.3) is 10.1 Å². The van der Waals surface area contributed by atoms with E-state index >= 15 is 0 Å². The summed E-state index contributed by atoms with van der Waals surface area (Å²) >= 11 is 1.54. The highest BCUT2D eigenvalue weighted by Gasteiger charge is 2.10. The van der Waals surface area contributed by atoms with Crippen LogP contribution in [0, 0.1) is 13.8 Å². The summed E-state index contributed by atoms with van der Waals surface area (Å²) in [6.45, 7) is 13.4. The Morgan fingerprint density at radius 1 is 1.11 bits per heavy atom. The van der Waals surface area contributed by atoms with E-state index in [1.807, 2.05) is 10.9 Å². The first-order valence-corrected chi connectivity index (χ1v) is 9.85. The summed E-state index contributed by atoms with van der Waals surface area (Å²) in [6, 6.07) is 4.16. The number of aromatic nitrogens is 1. The van der Waals surface area contributed by atoms with Crippen LogP contribution < -0.4 is 5.56 Å². The first-order chi connectivity index (χ1) is 13.2. The minimum absolute atomic E-state index is 0.116. The molecule has 1 heterocycles. The zero-order chi connectivity index (χ0) is 21.3. The molecule has 156 valence electrons. The van der Waals surface area contributed by atoms with Crippen molar-refractivity contribution < 1.29 is 24.5 Å². The van der Waals surface area contributed by atoms with Gasteiger partial charge >= 0.3 is 11.9 Å². The van der Waals surface area contributed by atoms with E-state index in [9.17, 15) is 4.79 Å². The SMILES string of the molecule is CCN(CC)CCOCCn1sc2cc(C)cc(C)c2c1=O.O=C(O)C(=O)O. The number of likely N-dealkylation sites (N-methyl/N-ethyl adjacent to an activating group) is 1. The Labute approximate surface area is 168 Å². The maximum Gasteiger partial charge on any atom is 0.414 e. The van der Waals surface area contributed by atoms with Crippen LogP contribution in [0.5, 0.6) is 0 Å². The van der Waals surface area contributed by atoms with E-state index < -0.39 is 11.9 Å². The summed E-state index contributed by atoms with van der Waals surface area (Å²) in [5.74, 6) is -3.65. The molecule has 0 bridgehead atoms. The Kier molecular flexibility index (Phi) is 9.84. The number of fused-ring (bicyclic) bond motifs is 1. The summed E-state index contributed by atoms with van der Waals surface area (Å²) in [5.41, 5.74) is 2.39. The van der Waals surface area contributed by atoms with Crippen molar-refractivity contribution in [2.75, 3.05) is 32.8 Å². The molecule has 0 unspecified atom stereocenters. The lowest BCUT2D eigenvalue weighted by Crippen LogP contribution is -2.27. The summed E-state index contributed by atoms with van der Waals surface area (Å²) in [5, 5.41) is 15.6. The van der Waals surface area contributed by atoms with Crippen LogP contribution in [0.15, 0.2) is 16.9 Å². The minimum atomic E-state index is -1.82. The third kappa shape index (κ3) is 7.06. The summed E-state index contributed by atoms with van der Waals surface area (Å²) in [7, 11) is 0. The molecule has 0 atom stereocenters. The van der Waals surface area contributed by atoms with E-state index in [-0.39, 0.29) is 5.56 Å². The van der Waals surface area contributed by atoms with Crippen molar-refractivity contribution in [1.82, 2.24) is 8.86 Å². The number of nitrogens with zero attached hydrogens (tertiary/aromatic N) is 2. The van der Waals surface area contributed by atoms with E-state index in [1.165, 1.54) is 17.1 Å². The molecular weight excluding hydrogens is 384 g/mol. The fourth-order valence-corrected chi connectivity index (χ4v) is 3.85. The number of hydrogen-bond acceptors (Lipinski definition) is 6. The monoisotopic (exact) mass is 412 g/mol. The lowest BCUT2D eigenvalue weighted by Gasteiger charge is -2.17. The van der Waals surface area contributed by atoms with Gasteiger partial charge in [-0.2, -0.15) is 0 Å². The number of carboxylic acid groups (broad SMARTS) is 2. The Morgan fingerprint density at radius 2 is 1.71 bits per heavy atom. The molecule has 0 aliphatic rings. The van der Waals surface area contributed by atoms with Crippen molar-refractivity contribution in [1.29, 1.82) is 0 Å². The van der Waals surface area contributed by atoms with Gasteiger partial charge in [0.1, 0.15) is 0 Å². The maximum absolute atomic E-state index is 12.4. The molecule has 9 heteroatoms. The number of aryl methyl sites for hydroxylation is 2. The summed E-state index contributed by atoms with van der Waals surface area (Å²) in [6.07, 6.45) is 0. The highest BCUT2D eigenvalue weighted by molar-refractivity contribution is 7.13. The van der Waals surface area contributed by atoms with Crippen molar-refractivity contribution in [2.45, 2.75) is 34.2 Å². The molecule has 1 aromatic heterocycles. The molecule has 2 aromatic rings. The van der Waals surface area contributed by atoms with Gasteiger partial charge in [0.2, 0.25) is 0 Å². The fraction of sp³-hybridized carbons (Fsp3) is 0.526. The molecule has 0 saturated carbocycles. The maximum atomic E-state index is 12.4. The van der Waals surface area contributed by atoms with Gasteiger partial charge in [-0.3, -0.25) is 8.75 Å². The zero-order valence-electron chi connectivity index (χ0n) is 16.7.